The summed E-state index contributed by atoms with van der Waals surface area (Å²) in [6.07, 6.45) is 11.2. The van der Waals surface area contributed by atoms with E-state index in [2.05, 4.69) is 33.9 Å². The minimum atomic E-state index is 0.0936. The fourth-order valence-corrected chi connectivity index (χ4v) is 4.75. The average molecular weight is 379 g/mol. The second-order valence-corrected chi connectivity index (χ2v) is 8.18. The number of anilines is 1. The number of carbonyl (C=O) groups excluding carboxylic acids is 1. The third-order valence-corrected chi connectivity index (χ3v) is 6.18. The molecule has 0 bridgehead atoms. The van der Waals surface area contributed by atoms with Gasteiger partial charge >= 0.3 is 0 Å². The number of hydrogen-bond donors (Lipinski definition) is 0. The van der Waals surface area contributed by atoms with Gasteiger partial charge in [-0.25, -0.2) is 9.97 Å². The van der Waals surface area contributed by atoms with E-state index in [9.17, 15) is 4.79 Å². The van der Waals surface area contributed by atoms with Gasteiger partial charge in [-0.2, -0.15) is 0 Å². The second-order valence-electron chi connectivity index (χ2n) is 8.18. The van der Waals surface area contributed by atoms with Gasteiger partial charge in [-0.15, -0.1) is 0 Å². The fraction of sp³-hybridized carbons (Fsp3) is 0.522. The molecule has 0 spiro atoms. The predicted molar refractivity (Wildman–Crippen MR) is 111 cm³/mol. The molecule has 0 unspecified atom stereocenters. The topological polar surface area (TPSA) is 49.3 Å². The molecule has 2 fully saturated rings. The molecule has 2 aromatic rings. The molecule has 1 saturated carbocycles. The summed E-state index contributed by atoms with van der Waals surface area (Å²) in [5.74, 6) is 0.635. The van der Waals surface area contributed by atoms with Crippen molar-refractivity contribution < 1.29 is 4.79 Å². The molecule has 2 aliphatic rings. The van der Waals surface area contributed by atoms with Crippen LogP contribution in [0.4, 0.5) is 5.95 Å². The van der Waals surface area contributed by atoms with Crippen LogP contribution in [0.25, 0.3) is 0 Å². The zero-order valence-electron chi connectivity index (χ0n) is 16.8. The van der Waals surface area contributed by atoms with Crippen molar-refractivity contribution in [3.05, 3.63) is 53.9 Å². The van der Waals surface area contributed by atoms with E-state index in [-0.39, 0.29) is 11.9 Å². The number of hydrogen-bond acceptors (Lipinski definition) is 4. The Morgan fingerprint density at radius 2 is 1.79 bits per heavy atom. The van der Waals surface area contributed by atoms with E-state index >= 15 is 0 Å². The Balaban J connectivity index is 1.49. The molecule has 1 saturated heterocycles. The van der Waals surface area contributed by atoms with Crippen LogP contribution in [0.5, 0.6) is 0 Å². The van der Waals surface area contributed by atoms with Gasteiger partial charge in [0, 0.05) is 37.6 Å². The Morgan fingerprint density at radius 3 is 2.46 bits per heavy atom. The van der Waals surface area contributed by atoms with Gasteiger partial charge < -0.3 is 4.90 Å². The van der Waals surface area contributed by atoms with Crippen molar-refractivity contribution in [1.82, 2.24) is 14.9 Å². The molecule has 0 atom stereocenters. The number of rotatable bonds is 5. The highest BCUT2D eigenvalue weighted by Crippen LogP contribution is 2.28. The Morgan fingerprint density at radius 1 is 1.07 bits per heavy atom. The number of likely N-dealkylation sites (tertiary alicyclic amines) is 1. The first kappa shape index (κ1) is 19.1. The van der Waals surface area contributed by atoms with Crippen LogP contribution in [-0.4, -0.2) is 45.9 Å². The number of aromatic nitrogens is 2. The third-order valence-electron chi connectivity index (χ3n) is 6.18. The zero-order valence-corrected chi connectivity index (χ0v) is 16.8. The summed E-state index contributed by atoms with van der Waals surface area (Å²) in [7, 11) is 0. The number of piperidine rings is 1. The molecule has 0 radical (unpaired) electrons. The van der Waals surface area contributed by atoms with Crippen molar-refractivity contribution in [2.45, 2.75) is 64.0 Å². The molecule has 5 heteroatoms. The summed E-state index contributed by atoms with van der Waals surface area (Å²) in [5.41, 5.74) is 2.23. The van der Waals surface area contributed by atoms with E-state index in [1.807, 2.05) is 17.0 Å². The van der Waals surface area contributed by atoms with Crippen LogP contribution in [0, 0.1) is 6.92 Å². The van der Waals surface area contributed by atoms with E-state index in [4.69, 9.17) is 0 Å². The van der Waals surface area contributed by atoms with Crippen LogP contribution in [0.1, 0.15) is 49.7 Å². The highest BCUT2D eigenvalue weighted by molar-refractivity contribution is 5.93. The number of carbonyl (C=O) groups is 1. The maximum Gasteiger partial charge on any atom is 0.234 e. The number of amides is 1. The van der Waals surface area contributed by atoms with Gasteiger partial charge in [0.25, 0.3) is 0 Å². The van der Waals surface area contributed by atoms with Gasteiger partial charge in [0.05, 0.1) is 6.42 Å². The van der Waals surface area contributed by atoms with Crippen molar-refractivity contribution in [2.75, 3.05) is 18.0 Å². The molecule has 148 valence electrons. The van der Waals surface area contributed by atoms with Crippen molar-refractivity contribution in [1.29, 1.82) is 0 Å². The normalized spacial score (nSPS) is 19.0. The van der Waals surface area contributed by atoms with Gasteiger partial charge in [-0.05, 0) is 44.2 Å². The Bertz CT molecular complexity index is 780. The van der Waals surface area contributed by atoms with Crippen LogP contribution in [0.3, 0.4) is 0 Å². The lowest BCUT2D eigenvalue weighted by atomic mass is 10.00. The van der Waals surface area contributed by atoms with Gasteiger partial charge in [-0.1, -0.05) is 42.7 Å². The van der Waals surface area contributed by atoms with Crippen LogP contribution in [0.2, 0.25) is 0 Å². The standard InChI is InChI=1S/C23H30N4O/c1-18-6-4-7-19(16-18)17-22(28)27(23-24-12-5-13-25-23)21-10-14-26(15-11-21)20-8-2-3-9-20/h4-7,12-13,16,20-21H,2-3,8-11,14-15,17H2,1H3. The van der Waals surface area contributed by atoms with E-state index < -0.39 is 0 Å². The number of nitrogens with zero attached hydrogens (tertiary/aromatic N) is 4. The van der Waals surface area contributed by atoms with Crippen molar-refractivity contribution in [3.63, 3.8) is 0 Å². The molecule has 1 amide bonds. The molecule has 5 nitrogen and oxygen atoms in total. The first-order chi connectivity index (χ1) is 13.7. The summed E-state index contributed by atoms with van der Waals surface area (Å²) in [6.45, 7) is 4.19. The minimum absolute atomic E-state index is 0.0936. The lowest BCUT2D eigenvalue weighted by Crippen LogP contribution is -2.50. The monoisotopic (exact) mass is 378 g/mol. The molecular formula is C23H30N4O. The number of aryl methyl sites for hydroxylation is 1. The number of benzene rings is 1. The Labute approximate surface area is 167 Å². The van der Waals surface area contributed by atoms with Crippen molar-refractivity contribution >= 4 is 11.9 Å². The van der Waals surface area contributed by atoms with Crippen molar-refractivity contribution in [2.24, 2.45) is 0 Å². The van der Waals surface area contributed by atoms with Crippen LogP contribution >= 0.6 is 0 Å². The van der Waals surface area contributed by atoms with Crippen molar-refractivity contribution in [3.8, 4) is 0 Å². The maximum absolute atomic E-state index is 13.3. The smallest absolute Gasteiger partial charge is 0.234 e. The maximum atomic E-state index is 13.3. The van der Waals surface area contributed by atoms with Gasteiger partial charge in [0.15, 0.2) is 0 Å². The lowest BCUT2D eigenvalue weighted by Gasteiger charge is -2.40. The summed E-state index contributed by atoms with van der Waals surface area (Å²) < 4.78 is 0. The van der Waals surface area contributed by atoms with E-state index in [0.29, 0.717) is 12.4 Å². The van der Waals surface area contributed by atoms with Gasteiger partial charge in [0.1, 0.15) is 0 Å². The summed E-state index contributed by atoms with van der Waals surface area (Å²) in [5, 5.41) is 0. The summed E-state index contributed by atoms with van der Waals surface area (Å²) in [4.78, 5) is 26.6. The van der Waals surface area contributed by atoms with E-state index in [1.54, 1.807) is 18.5 Å². The Kier molecular flexibility index (Phi) is 6.01. The molecule has 1 aromatic carbocycles. The molecule has 1 aliphatic heterocycles. The highest BCUT2D eigenvalue weighted by Gasteiger charge is 2.33. The average Bonchev–Trinajstić information content (AvgIpc) is 3.24. The third kappa shape index (κ3) is 4.41. The van der Waals surface area contributed by atoms with Crippen LogP contribution in [0.15, 0.2) is 42.7 Å². The van der Waals surface area contributed by atoms with Gasteiger partial charge in [0.2, 0.25) is 11.9 Å². The molecule has 1 aliphatic carbocycles. The SMILES string of the molecule is Cc1cccc(CC(=O)N(c2ncccn2)C2CCN(C3CCCC3)CC2)c1. The first-order valence-corrected chi connectivity index (χ1v) is 10.6. The zero-order chi connectivity index (χ0) is 19.3. The fourth-order valence-electron chi connectivity index (χ4n) is 4.75. The summed E-state index contributed by atoms with van der Waals surface area (Å²) in [6, 6.07) is 10.9. The van der Waals surface area contributed by atoms with E-state index in [0.717, 1.165) is 37.5 Å². The van der Waals surface area contributed by atoms with Gasteiger partial charge in [-0.3, -0.25) is 9.69 Å². The largest absolute Gasteiger partial charge is 0.300 e. The molecule has 0 N–H and O–H groups in total. The van der Waals surface area contributed by atoms with Crippen LogP contribution < -0.4 is 4.90 Å². The Hall–Kier alpha value is -2.27. The molecule has 4 rings (SSSR count). The molecule has 28 heavy (non-hydrogen) atoms. The molecular weight excluding hydrogens is 348 g/mol. The second kappa shape index (κ2) is 8.82. The summed E-state index contributed by atoms with van der Waals surface area (Å²) >= 11 is 0. The first-order valence-electron chi connectivity index (χ1n) is 10.6. The minimum Gasteiger partial charge on any atom is -0.300 e. The van der Waals surface area contributed by atoms with E-state index in [1.165, 1.54) is 31.2 Å². The molecule has 1 aromatic heterocycles. The van der Waals surface area contributed by atoms with Crippen LogP contribution in [-0.2, 0) is 11.2 Å². The molecule has 2 heterocycles. The predicted octanol–water partition coefficient (Wildman–Crippen LogP) is 3.77. The quantitative estimate of drug-likeness (QED) is 0.795. The lowest BCUT2D eigenvalue weighted by molar-refractivity contribution is -0.118. The highest BCUT2D eigenvalue weighted by atomic mass is 16.2.